The average Bonchev–Trinajstić information content (AvgIpc) is 2.68. The van der Waals surface area contributed by atoms with Crippen molar-refractivity contribution < 1.29 is 4.74 Å². The minimum Gasteiger partial charge on any atom is -0.377 e. The molecule has 16 heavy (non-hydrogen) atoms. The second-order valence-electron chi connectivity index (χ2n) is 5.11. The van der Waals surface area contributed by atoms with Crippen LogP contribution in [-0.2, 0) is 4.74 Å². The van der Waals surface area contributed by atoms with Crippen LogP contribution < -0.4 is 10.6 Å². The zero-order chi connectivity index (χ0) is 11.1. The third kappa shape index (κ3) is 4.40. The maximum atomic E-state index is 5.85. The van der Waals surface area contributed by atoms with E-state index < -0.39 is 0 Å². The summed E-state index contributed by atoms with van der Waals surface area (Å²) in [7, 11) is 0. The van der Waals surface area contributed by atoms with Crippen molar-refractivity contribution >= 4 is 0 Å². The molecule has 2 aliphatic rings. The van der Waals surface area contributed by atoms with Gasteiger partial charge in [0.05, 0.1) is 12.7 Å². The van der Waals surface area contributed by atoms with Gasteiger partial charge in [-0.3, -0.25) is 0 Å². The highest BCUT2D eigenvalue weighted by atomic mass is 16.5. The zero-order valence-electron chi connectivity index (χ0n) is 10.3. The molecule has 1 unspecified atom stereocenters. The summed E-state index contributed by atoms with van der Waals surface area (Å²) in [5.41, 5.74) is 0. The number of rotatable bonds is 5. The summed E-state index contributed by atoms with van der Waals surface area (Å²) < 4.78 is 5.85. The Bertz CT molecular complexity index is 173. The van der Waals surface area contributed by atoms with E-state index in [-0.39, 0.29) is 0 Å². The lowest BCUT2D eigenvalue weighted by Gasteiger charge is -2.17. The Hall–Kier alpha value is -0.120. The molecule has 2 rings (SSSR count). The maximum absolute atomic E-state index is 5.85. The highest BCUT2D eigenvalue weighted by molar-refractivity contribution is 4.72. The van der Waals surface area contributed by atoms with E-state index in [1.54, 1.807) is 0 Å². The fourth-order valence-electron chi connectivity index (χ4n) is 2.77. The molecular formula is C13H26N2O. The monoisotopic (exact) mass is 226 g/mol. The van der Waals surface area contributed by atoms with Crippen molar-refractivity contribution in [2.24, 2.45) is 0 Å². The summed E-state index contributed by atoms with van der Waals surface area (Å²) >= 11 is 0. The molecule has 0 spiro atoms. The van der Waals surface area contributed by atoms with Crippen molar-refractivity contribution in [3.05, 3.63) is 0 Å². The minimum atomic E-state index is 0.567. The first kappa shape index (κ1) is 12.3. The summed E-state index contributed by atoms with van der Waals surface area (Å²) in [4.78, 5) is 0. The molecule has 1 aliphatic carbocycles. The topological polar surface area (TPSA) is 33.3 Å². The largest absolute Gasteiger partial charge is 0.377 e. The fourth-order valence-corrected chi connectivity index (χ4v) is 2.77. The predicted molar refractivity (Wildman–Crippen MR) is 66.7 cm³/mol. The quantitative estimate of drug-likeness (QED) is 0.700. The van der Waals surface area contributed by atoms with Gasteiger partial charge in [0.1, 0.15) is 0 Å². The number of hydrogen-bond acceptors (Lipinski definition) is 3. The molecule has 0 radical (unpaired) electrons. The molecule has 1 saturated heterocycles. The summed E-state index contributed by atoms with van der Waals surface area (Å²) in [6, 6.07) is 0.710. The van der Waals surface area contributed by atoms with Crippen molar-refractivity contribution in [2.45, 2.75) is 57.1 Å². The van der Waals surface area contributed by atoms with Crippen molar-refractivity contribution in [2.75, 3.05) is 26.2 Å². The average molecular weight is 226 g/mol. The van der Waals surface area contributed by atoms with Crippen LogP contribution in [0, 0.1) is 0 Å². The minimum absolute atomic E-state index is 0.567. The van der Waals surface area contributed by atoms with Crippen molar-refractivity contribution in [3.8, 4) is 0 Å². The van der Waals surface area contributed by atoms with Crippen LogP contribution in [0.25, 0.3) is 0 Å². The Balaban J connectivity index is 1.49. The van der Waals surface area contributed by atoms with E-state index in [0.717, 1.165) is 13.2 Å². The number of nitrogens with one attached hydrogen (secondary N) is 2. The smallest absolute Gasteiger partial charge is 0.0594 e. The Morgan fingerprint density at radius 3 is 2.75 bits per heavy atom. The zero-order valence-corrected chi connectivity index (χ0v) is 10.3. The van der Waals surface area contributed by atoms with Gasteiger partial charge in [0.25, 0.3) is 0 Å². The second kappa shape index (κ2) is 7.25. The van der Waals surface area contributed by atoms with E-state index in [2.05, 4.69) is 10.6 Å². The SMILES string of the molecule is C1CNCCC(NCCOC2CCCC2)C1. The van der Waals surface area contributed by atoms with Crippen LogP contribution in [0.15, 0.2) is 0 Å². The second-order valence-corrected chi connectivity index (χ2v) is 5.11. The molecule has 0 bridgehead atoms. The van der Waals surface area contributed by atoms with Gasteiger partial charge in [-0.15, -0.1) is 0 Å². The lowest BCUT2D eigenvalue weighted by molar-refractivity contribution is 0.0589. The van der Waals surface area contributed by atoms with Crippen LogP contribution in [0.4, 0.5) is 0 Å². The van der Waals surface area contributed by atoms with Gasteiger partial charge < -0.3 is 15.4 Å². The molecule has 0 aromatic carbocycles. The first-order valence-electron chi connectivity index (χ1n) is 7.01. The summed E-state index contributed by atoms with van der Waals surface area (Å²) in [6.45, 7) is 4.29. The number of hydrogen-bond donors (Lipinski definition) is 2. The van der Waals surface area contributed by atoms with Crippen molar-refractivity contribution in [1.82, 2.24) is 10.6 Å². The lowest BCUT2D eigenvalue weighted by Crippen LogP contribution is -2.33. The van der Waals surface area contributed by atoms with Crippen molar-refractivity contribution in [3.63, 3.8) is 0 Å². The third-order valence-electron chi connectivity index (χ3n) is 3.77. The first-order chi connectivity index (χ1) is 7.95. The Labute approximate surface area is 99.3 Å². The normalized spacial score (nSPS) is 28.1. The van der Waals surface area contributed by atoms with Gasteiger partial charge >= 0.3 is 0 Å². The van der Waals surface area contributed by atoms with Crippen LogP contribution in [0.1, 0.15) is 44.9 Å². The van der Waals surface area contributed by atoms with E-state index in [1.807, 2.05) is 0 Å². The molecule has 1 heterocycles. The van der Waals surface area contributed by atoms with Crippen LogP contribution in [0.2, 0.25) is 0 Å². The molecule has 2 fully saturated rings. The summed E-state index contributed by atoms with van der Waals surface area (Å²) in [5.74, 6) is 0. The molecule has 0 amide bonds. The van der Waals surface area contributed by atoms with Gasteiger partial charge in [-0.05, 0) is 45.2 Å². The molecule has 1 saturated carbocycles. The van der Waals surface area contributed by atoms with Gasteiger partial charge in [0, 0.05) is 12.6 Å². The third-order valence-corrected chi connectivity index (χ3v) is 3.77. The molecule has 94 valence electrons. The molecule has 1 atom stereocenters. The van der Waals surface area contributed by atoms with E-state index in [4.69, 9.17) is 4.74 Å². The maximum Gasteiger partial charge on any atom is 0.0594 e. The highest BCUT2D eigenvalue weighted by Crippen LogP contribution is 2.20. The predicted octanol–water partition coefficient (Wildman–Crippen LogP) is 1.68. The van der Waals surface area contributed by atoms with Crippen LogP contribution >= 0.6 is 0 Å². The van der Waals surface area contributed by atoms with E-state index >= 15 is 0 Å². The fraction of sp³-hybridized carbons (Fsp3) is 1.00. The van der Waals surface area contributed by atoms with Gasteiger partial charge in [-0.25, -0.2) is 0 Å². The molecule has 3 heteroatoms. The number of ether oxygens (including phenoxy) is 1. The van der Waals surface area contributed by atoms with E-state index in [0.29, 0.717) is 12.1 Å². The van der Waals surface area contributed by atoms with Gasteiger partial charge in [-0.2, -0.15) is 0 Å². The van der Waals surface area contributed by atoms with Crippen LogP contribution in [-0.4, -0.2) is 38.4 Å². The Morgan fingerprint density at radius 2 is 1.88 bits per heavy atom. The van der Waals surface area contributed by atoms with Crippen LogP contribution in [0.3, 0.4) is 0 Å². The first-order valence-corrected chi connectivity index (χ1v) is 7.01. The van der Waals surface area contributed by atoms with Gasteiger partial charge in [0.2, 0.25) is 0 Å². The molecule has 0 aromatic heterocycles. The lowest BCUT2D eigenvalue weighted by atomic mass is 10.1. The standard InChI is InChI=1S/C13H26N2O/c1-2-6-13(5-1)16-11-10-15-12-4-3-8-14-9-7-12/h12-15H,1-11H2. The Kier molecular flexibility index (Phi) is 5.59. The van der Waals surface area contributed by atoms with Gasteiger partial charge in [-0.1, -0.05) is 12.8 Å². The molecule has 2 N–H and O–H groups in total. The molecule has 1 aliphatic heterocycles. The summed E-state index contributed by atoms with van der Waals surface area (Å²) in [5, 5.41) is 7.06. The van der Waals surface area contributed by atoms with Crippen LogP contribution in [0.5, 0.6) is 0 Å². The molecular weight excluding hydrogens is 200 g/mol. The highest BCUT2D eigenvalue weighted by Gasteiger charge is 2.15. The molecule has 3 nitrogen and oxygen atoms in total. The summed E-state index contributed by atoms with van der Waals surface area (Å²) in [6.07, 6.45) is 9.76. The van der Waals surface area contributed by atoms with E-state index in [9.17, 15) is 0 Å². The van der Waals surface area contributed by atoms with Crippen molar-refractivity contribution in [1.29, 1.82) is 0 Å². The molecule has 0 aromatic rings. The Morgan fingerprint density at radius 1 is 1.00 bits per heavy atom. The van der Waals surface area contributed by atoms with E-state index in [1.165, 1.54) is 58.0 Å². The van der Waals surface area contributed by atoms with Gasteiger partial charge in [0.15, 0.2) is 0 Å².